The highest BCUT2D eigenvalue weighted by atomic mass is 19.1. The summed E-state index contributed by atoms with van der Waals surface area (Å²) in [6, 6.07) is 7.73. The van der Waals surface area contributed by atoms with Gasteiger partial charge in [0.1, 0.15) is 23.5 Å². The summed E-state index contributed by atoms with van der Waals surface area (Å²) >= 11 is 0. The molecule has 20 heavy (non-hydrogen) atoms. The maximum atomic E-state index is 13.6. The normalized spacial score (nSPS) is 11.8. The van der Waals surface area contributed by atoms with Crippen molar-refractivity contribution in [1.82, 2.24) is 0 Å². The van der Waals surface area contributed by atoms with Gasteiger partial charge in [-0.3, -0.25) is 0 Å². The van der Waals surface area contributed by atoms with Crippen molar-refractivity contribution >= 4 is 5.69 Å². The Morgan fingerprint density at radius 3 is 2.45 bits per heavy atom. The molecule has 0 saturated carbocycles. The molecular formula is C15H11F3N2. The first-order valence-electron chi connectivity index (χ1n) is 5.88. The first-order valence-corrected chi connectivity index (χ1v) is 5.88. The van der Waals surface area contributed by atoms with Crippen molar-refractivity contribution < 1.29 is 13.2 Å². The van der Waals surface area contributed by atoms with Gasteiger partial charge in [0.25, 0.3) is 0 Å². The van der Waals surface area contributed by atoms with Gasteiger partial charge in [0.05, 0.1) is 6.07 Å². The van der Waals surface area contributed by atoms with Gasteiger partial charge in [-0.2, -0.15) is 5.26 Å². The fraction of sp³-hybridized carbons (Fsp3) is 0.133. The number of nitriles is 1. The molecule has 0 spiro atoms. The van der Waals surface area contributed by atoms with Crippen LogP contribution in [0.1, 0.15) is 17.2 Å². The second kappa shape index (κ2) is 5.66. The van der Waals surface area contributed by atoms with E-state index in [-0.39, 0.29) is 5.56 Å². The smallest absolute Gasteiger partial charge is 0.143 e. The largest absolute Gasteiger partial charge is 0.366 e. The highest BCUT2D eigenvalue weighted by Gasteiger charge is 2.16. The van der Waals surface area contributed by atoms with Crippen LogP contribution in [0.4, 0.5) is 18.9 Å². The molecule has 2 aromatic carbocycles. The molecule has 0 radical (unpaired) electrons. The number of rotatable bonds is 3. The molecule has 2 aromatic rings. The fourth-order valence-electron chi connectivity index (χ4n) is 1.90. The SMILES string of the molecule is Cc1cc(F)cc(NC(C#N)c2cc(F)ccc2F)c1. The van der Waals surface area contributed by atoms with E-state index in [1.54, 1.807) is 13.0 Å². The molecule has 102 valence electrons. The van der Waals surface area contributed by atoms with Crippen LogP contribution in [0.5, 0.6) is 0 Å². The van der Waals surface area contributed by atoms with Gasteiger partial charge in [0.2, 0.25) is 0 Å². The fourth-order valence-corrected chi connectivity index (χ4v) is 1.90. The van der Waals surface area contributed by atoms with Gasteiger partial charge in [0.15, 0.2) is 0 Å². The number of nitrogens with zero attached hydrogens (tertiary/aromatic N) is 1. The third-order valence-corrected chi connectivity index (χ3v) is 2.75. The Bertz CT molecular complexity index is 657. The molecule has 1 unspecified atom stereocenters. The quantitative estimate of drug-likeness (QED) is 0.916. The van der Waals surface area contributed by atoms with Crippen LogP contribution in [0, 0.1) is 35.7 Å². The number of hydrogen-bond donors (Lipinski definition) is 1. The molecule has 2 nitrogen and oxygen atoms in total. The van der Waals surface area contributed by atoms with Crippen molar-refractivity contribution in [2.75, 3.05) is 5.32 Å². The zero-order valence-electron chi connectivity index (χ0n) is 10.6. The molecule has 1 atom stereocenters. The van der Waals surface area contributed by atoms with E-state index in [0.717, 1.165) is 18.2 Å². The summed E-state index contributed by atoms with van der Waals surface area (Å²) < 4.78 is 40.1. The van der Waals surface area contributed by atoms with E-state index in [2.05, 4.69) is 5.32 Å². The molecule has 0 bridgehead atoms. The van der Waals surface area contributed by atoms with Gasteiger partial charge < -0.3 is 5.32 Å². The van der Waals surface area contributed by atoms with Gasteiger partial charge in [-0.15, -0.1) is 0 Å². The highest BCUT2D eigenvalue weighted by molar-refractivity contribution is 5.49. The van der Waals surface area contributed by atoms with Crippen molar-refractivity contribution in [3.05, 3.63) is 65.0 Å². The van der Waals surface area contributed by atoms with E-state index in [1.807, 2.05) is 6.07 Å². The lowest BCUT2D eigenvalue weighted by Crippen LogP contribution is -2.11. The lowest BCUT2D eigenvalue weighted by Gasteiger charge is -2.14. The van der Waals surface area contributed by atoms with E-state index in [4.69, 9.17) is 5.26 Å². The Hall–Kier alpha value is -2.48. The Kier molecular flexibility index (Phi) is 3.94. The number of nitrogens with one attached hydrogen (secondary N) is 1. The van der Waals surface area contributed by atoms with E-state index >= 15 is 0 Å². The molecule has 0 aliphatic heterocycles. The minimum absolute atomic E-state index is 0.116. The Morgan fingerprint density at radius 1 is 1.05 bits per heavy atom. The standard InChI is InChI=1S/C15H11F3N2/c1-9-4-11(17)6-12(5-9)20-15(8-19)13-7-10(16)2-3-14(13)18/h2-7,15,20H,1H3. The summed E-state index contributed by atoms with van der Waals surface area (Å²) in [5, 5.41) is 11.8. The van der Waals surface area contributed by atoms with Crippen molar-refractivity contribution in [1.29, 1.82) is 5.26 Å². The van der Waals surface area contributed by atoms with E-state index in [0.29, 0.717) is 11.3 Å². The number of aryl methyl sites for hydroxylation is 1. The van der Waals surface area contributed by atoms with Crippen LogP contribution >= 0.6 is 0 Å². The highest BCUT2D eigenvalue weighted by Crippen LogP contribution is 2.23. The maximum Gasteiger partial charge on any atom is 0.143 e. The number of hydrogen-bond acceptors (Lipinski definition) is 2. The number of halogens is 3. The average molecular weight is 276 g/mol. The molecule has 0 aliphatic rings. The zero-order valence-corrected chi connectivity index (χ0v) is 10.6. The van der Waals surface area contributed by atoms with Crippen molar-refractivity contribution in [2.45, 2.75) is 13.0 Å². The van der Waals surface area contributed by atoms with Crippen LogP contribution in [-0.2, 0) is 0 Å². The topological polar surface area (TPSA) is 35.8 Å². The molecule has 0 heterocycles. The number of anilines is 1. The van der Waals surface area contributed by atoms with Crippen LogP contribution in [0.3, 0.4) is 0 Å². The summed E-state index contributed by atoms with van der Waals surface area (Å²) in [5.74, 6) is -1.80. The molecule has 0 aromatic heterocycles. The lowest BCUT2D eigenvalue weighted by molar-refractivity contribution is 0.583. The summed E-state index contributed by atoms with van der Waals surface area (Å²) in [6.45, 7) is 1.69. The van der Waals surface area contributed by atoms with Crippen molar-refractivity contribution in [2.24, 2.45) is 0 Å². The predicted molar refractivity (Wildman–Crippen MR) is 69.5 cm³/mol. The second-order valence-electron chi connectivity index (χ2n) is 4.39. The van der Waals surface area contributed by atoms with Crippen molar-refractivity contribution in [3.8, 4) is 6.07 Å². The van der Waals surface area contributed by atoms with Crippen LogP contribution in [0.25, 0.3) is 0 Å². The maximum absolute atomic E-state index is 13.6. The molecule has 0 amide bonds. The Labute approximate surface area is 114 Å². The van der Waals surface area contributed by atoms with E-state index in [1.165, 1.54) is 12.1 Å². The van der Waals surface area contributed by atoms with Gasteiger partial charge >= 0.3 is 0 Å². The monoisotopic (exact) mass is 276 g/mol. The minimum atomic E-state index is -1.10. The average Bonchev–Trinajstić information content (AvgIpc) is 2.38. The number of benzene rings is 2. The third-order valence-electron chi connectivity index (χ3n) is 2.75. The molecule has 0 fully saturated rings. The zero-order chi connectivity index (χ0) is 14.7. The summed E-state index contributed by atoms with van der Waals surface area (Å²) in [6.07, 6.45) is 0. The minimum Gasteiger partial charge on any atom is -0.366 e. The molecule has 5 heteroatoms. The lowest BCUT2D eigenvalue weighted by atomic mass is 10.1. The van der Waals surface area contributed by atoms with Gasteiger partial charge in [0, 0.05) is 11.3 Å². The van der Waals surface area contributed by atoms with Crippen LogP contribution < -0.4 is 5.32 Å². The van der Waals surface area contributed by atoms with Crippen LogP contribution in [0.2, 0.25) is 0 Å². The molecule has 2 rings (SSSR count). The molecule has 0 aliphatic carbocycles. The molecular weight excluding hydrogens is 265 g/mol. The van der Waals surface area contributed by atoms with Crippen LogP contribution in [-0.4, -0.2) is 0 Å². The summed E-state index contributed by atoms with van der Waals surface area (Å²) in [7, 11) is 0. The summed E-state index contributed by atoms with van der Waals surface area (Å²) in [5.41, 5.74) is 0.871. The van der Waals surface area contributed by atoms with Gasteiger partial charge in [-0.1, -0.05) is 0 Å². The molecule has 0 saturated heterocycles. The first-order chi connectivity index (χ1) is 9.49. The van der Waals surface area contributed by atoms with Crippen LogP contribution in [0.15, 0.2) is 36.4 Å². The van der Waals surface area contributed by atoms with E-state index < -0.39 is 23.5 Å². The Morgan fingerprint density at radius 2 is 1.80 bits per heavy atom. The predicted octanol–water partition coefficient (Wildman–Crippen LogP) is 4.09. The van der Waals surface area contributed by atoms with E-state index in [9.17, 15) is 13.2 Å². The van der Waals surface area contributed by atoms with Gasteiger partial charge in [-0.05, 0) is 48.9 Å². The second-order valence-corrected chi connectivity index (χ2v) is 4.39. The first kappa shape index (κ1) is 13.9. The summed E-state index contributed by atoms with van der Waals surface area (Å²) in [4.78, 5) is 0. The third kappa shape index (κ3) is 3.09. The molecule has 1 N–H and O–H groups in total. The van der Waals surface area contributed by atoms with Crippen molar-refractivity contribution in [3.63, 3.8) is 0 Å². The van der Waals surface area contributed by atoms with Gasteiger partial charge in [-0.25, -0.2) is 13.2 Å². The Balaban J connectivity index is 2.34.